The second-order valence-electron chi connectivity index (χ2n) is 6.79. The number of carbonyl (C=O) groups excluding carboxylic acids is 1. The van der Waals surface area contributed by atoms with E-state index in [0.29, 0.717) is 17.1 Å². The molecule has 1 unspecified atom stereocenters. The quantitative estimate of drug-likeness (QED) is 0.459. The Labute approximate surface area is 176 Å². The Kier molecular flexibility index (Phi) is 5.54. The Bertz CT molecular complexity index is 1200. The van der Waals surface area contributed by atoms with Crippen LogP contribution in [0.3, 0.4) is 0 Å². The van der Waals surface area contributed by atoms with Crippen LogP contribution in [-0.2, 0) is 23.2 Å². The van der Waals surface area contributed by atoms with Gasteiger partial charge in [-0.15, -0.1) is 16.4 Å². The summed E-state index contributed by atoms with van der Waals surface area (Å²) in [5.74, 6) is -0.633. The summed E-state index contributed by atoms with van der Waals surface area (Å²) in [7, 11) is 1.81. The molecule has 0 saturated carbocycles. The van der Waals surface area contributed by atoms with E-state index in [2.05, 4.69) is 10.3 Å². The van der Waals surface area contributed by atoms with Gasteiger partial charge < -0.3 is 9.84 Å². The number of hydrogen-bond acceptors (Lipinski definition) is 6. The summed E-state index contributed by atoms with van der Waals surface area (Å²) >= 11 is 8.30. The Morgan fingerprint density at radius 1 is 1.34 bits per heavy atom. The molecule has 8 heteroatoms. The van der Waals surface area contributed by atoms with Crippen LogP contribution in [0.1, 0.15) is 36.0 Å². The van der Waals surface area contributed by atoms with Crippen LogP contribution in [0.25, 0.3) is 21.1 Å². The van der Waals surface area contributed by atoms with Crippen molar-refractivity contribution in [2.45, 2.75) is 25.9 Å². The molecule has 2 aromatic heterocycles. The molecule has 6 nitrogen and oxygen atoms in total. The second kappa shape index (κ2) is 8.10. The van der Waals surface area contributed by atoms with Gasteiger partial charge in [-0.1, -0.05) is 28.9 Å². The summed E-state index contributed by atoms with van der Waals surface area (Å²) < 4.78 is 7.92. The Balaban J connectivity index is 1.88. The van der Waals surface area contributed by atoms with E-state index in [-0.39, 0.29) is 24.9 Å². The number of aryl methyl sites for hydroxylation is 1. The summed E-state index contributed by atoms with van der Waals surface area (Å²) in [5.41, 5.74) is 3.93. The van der Waals surface area contributed by atoms with E-state index < -0.39 is 0 Å². The van der Waals surface area contributed by atoms with Gasteiger partial charge in [-0.3, -0.25) is 4.79 Å². The Hall–Kier alpha value is -2.48. The minimum Gasteiger partial charge on any atom is -0.466 e. The van der Waals surface area contributed by atoms with Crippen molar-refractivity contribution in [2.75, 3.05) is 6.61 Å². The lowest BCUT2D eigenvalue weighted by Crippen LogP contribution is -2.12. The van der Waals surface area contributed by atoms with Gasteiger partial charge in [-0.2, -0.15) is 0 Å². The van der Waals surface area contributed by atoms with E-state index >= 15 is 0 Å². The number of nitrogens with zero attached hydrogens (tertiary/aromatic N) is 3. The van der Waals surface area contributed by atoms with Crippen LogP contribution in [0.15, 0.2) is 35.7 Å². The predicted octanol–water partition coefficient (Wildman–Crippen LogP) is 4.41. The zero-order valence-corrected chi connectivity index (χ0v) is 17.6. The molecule has 0 fully saturated rings. The molecule has 4 rings (SSSR count). The maximum Gasteiger partial charge on any atom is 0.306 e. The van der Waals surface area contributed by atoms with Crippen molar-refractivity contribution in [2.24, 2.45) is 7.05 Å². The Morgan fingerprint density at radius 2 is 2.17 bits per heavy atom. The topological polar surface area (TPSA) is 77.2 Å². The number of thiophene rings is 1. The first-order valence-electron chi connectivity index (χ1n) is 9.27. The summed E-state index contributed by atoms with van der Waals surface area (Å²) in [5, 5.41) is 21.6. The molecular weight excluding hydrogens is 410 g/mol. The van der Waals surface area contributed by atoms with Gasteiger partial charge in [0.15, 0.2) is 0 Å². The average molecular weight is 430 g/mol. The van der Waals surface area contributed by atoms with Crippen LogP contribution in [0.4, 0.5) is 0 Å². The number of rotatable bonds is 6. The van der Waals surface area contributed by atoms with E-state index in [1.165, 1.54) is 0 Å². The lowest BCUT2D eigenvalue weighted by atomic mass is 9.86. The van der Waals surface area contributed by atoms with Crippen LogP contribution in [0.2, 0.25) is 5.02 Å². The van der Waals surface area contributed by atoms with E-state index in [1.54, 1.807) is 30.0 Å². The monoisotopic (exact) mass is 429 g/mol. The van der Waals surface area contributed by atoms with Crippen molar-refractivity contribution in [3.8, 4) is 0 Å². The molecule has 0 amide bonds. The fourth-order valence-electron chi connectivity index (χ4n) is 3.65. The molecule has 0 aliphatic rings. The van der Waals surface area contributed by atoms with Crippen molar-refractivity contribution in [1.29, 1.82) is 0 Å². The molecule has 2 aromatic carbocycles. The fourth-order valence-corrected chi connectivity index (χ4v) is 4.87. The van der Waals surface area contributed by atoms with Crippen molar-refractivity contribution in [1.82, 2.24) is 15.0 Å². The SMILES string of the molecule is CCOC(=O)CC(c1cc(CO)c2sccc2c1)c1ccc2c(nnn2C)c1Cl. The first-order chi connectivity index (χ1) is 14.0. The fraction of sp³-hybridized carbons (Fsp3) is 0.286. The van der Waals surface area contributed by atoms with E-state index in [1.807, 2.05) is 35.7 Å². The van der Waals surface area contributed by atoms with Crippen molar-refractivity contribution in [3.05, 3.63) is 57.4 Å². The molecule has 29 heavy (non-hydrogen) atoms. The molecule has 0 bridgehead atoms. The smallest absolute Gasteiger partial charge is 0.306 e. The first kappa shape index (κ1) is 19.8. The van der Waals surface area contributed by atoms with Crippen LogP contribution in [0, 0.1) is 0 Å². The first-order valence-corrected chi connectivity index (χ1v) is 10.5. The highest BCUT2D eigenvalue weighted by molar-refractivity contribution is 7.17. The molecule has 0 aliphatic heterocycles. The number of esters is 1. The number of hydrogen-bond donors (Lipinski definition) is 1. The number of ether oxygens (including phenoxy) is 1. The summed E-state index contributed by atoms with van der Waals surface area (Å²) in [6.45, 7) is 2.02. The third kappa shape index (κ3) is 3.61. The number of carbonyl (C=O) groups is 1. The van der Waals surface area contributed by atoms with Gasteiger partial charge in [0.1, 0.15) is 5.52 Å². The van der Waals surface area contributed by atoms with Gasteiger partial charge in [0.25, 0.3) is 0 Å². The van der Waals surface area contributed by atoms with Crippen LogP contribution in [0.5, 0.6) is 0 Å². The average Bonchev–Trinajstić information content (AvgIpc) is 3.33. The standard InChI is InChI=1S/C21H20ClN3O3S/c1-3-28-18(27)10-16(13-8-12-6-7-29-21(12)14(9-13)11-26)15-4-5-17-20(19(15)22)23-24-25(17)2/h4-9,16,26H,3,10-11H2,1-2H3. The van der Waals surface area contributed by atoms with Crippen molar-refractivity contribution in [3.63, 3.8) is 0 Å². The van der Waals surface area contributed by atoms with Gasteiger partial charge in [0, 0.05) is 17.7 Å². The highest BCUT2D eigenvalue weighted by Gasteiger charge is 2.25. The normalized spacial score (nSPS) is 12.6. The van der Waals surface area contributed by atoms with Crippen LogP contribution < -0.4 is 0 Å². The van der Waals surface area contributed by atoms with Gasteiger partial charge in [0.2, 0.25) is 0 Å². The number of aliphatic hydroxyl groups excluding tert-OH is 1. The van der Waals surface area contributed by atoms with E-state index in [4.69, 9.17) is 16.3 Å². The summed E-state index contributed by atoms with van der Waals surface area (Å²) in [6, 6.07) is 9.82. The van der Waals surface area contributed by atoms with Gasteiger partial charge >= 0.3 is 5.97 Å². The number of aromatic nitrogens is 3. The van der Waals surface area contributed by atoms with Crippen molar-refractivity contribution < 1.29 is 14.6 Å². The van der Waals surface area contributed by atoms with Gasteiger partial charge in [-0.05, 0) is 52.6 Å². The minimum absolute atomic E-state index is 0.0755. The molecule has 0 aliphatic carbocycles. The highest BCUT2D eigenvalue weighted by Crippen LogP contribution is 2.39. The molecule has 1 N–H and O–H groups in total. The third-order valence-corrected chi connectivity index (χ3v) is 6.43. The zero-order valence-electron chi connectivity index (χ0n) is 16.1. The summed E-state index contributed by atoms with van der Waals surface area (Å²) in [6.07, 6.45) is 0.139. The third-order valence-electron chi connectivity index (χ3n) is 5.03. The molecule has 4 aromatic rings. The zero-order chi connectivity index (χ0) is 20.5. The van der Waals surface area contributed by atoms with E-state index in [9.17, 15) is 9.90 Å². The number of fused-ring (bicyclic) bond motifs is 2. The van der Waals surface area contributed by atoms with Gasteiger partial charge in [0.05, 0.1) is 30.2 Å². The lowest BCUT2D eigenvalue weighted by Gasteiger charge is -2.20. The van der Waals surface area contributed by atoms with Crippen molar-refractivity contribution >= 4 is 50.0 Å². The molecule has 0 saturated heterocycles. The molecule has 0 spiro atoms. The second-order valence-corrected chi connectivity index (χ2v) is 8.08. The molecule has 150 valence electrons. The maximum absolute atomic E-state index is 12.4. The molecular formula is C21H20ClN3O3S. The highest BCUT2D eigenvalue weighted by atomic mass is 35.5. The number of benzene rings is 2. The number of aliphatic hydroxyl groups is 1. The molecule has 2 heterocycles. The minimum atomic E-state index is -0.331. The molecule has 1 atom stereocenters. The number of halogens is 1. The lowest BCUT2D eigenvalue weighted by molar-refractivity contribution is -0.143. The maximum atomic E-state index is 12.4. The van der Waals surface area contributed by atoms with Crippen LogP contribution >= 0.6 is 22.9 Å². The molecule has 0 radical (unpaired) electrons. The van der Waals surface area contributed by atoms with Crippen LogP contribution in [-0.4, -0.2) is 32.7 Å². The summed E-state index contributed by atoms with van der Waals surface area (Å²) in [4.78, 5) is 12.4. The predicted molar refractivity (Wildman–Crippen MR) is 114 cm³/mol. The Morgan fingerprint density at radius 3 is 2.93 bits per heavy atom. The van der Waals surface area contributed by atoms with E-state index in [0.717, 1.165) is 32.3 Å². The van der Waals surface area contributed by atoms with Gasteiger partial charge in [-0.25, -0.2) is 4.68 Å². The largest absolute Gasteiger partial charge is 0.466 e.